The lowest BCUT2D eigenvalue weighted by Gasteiger charge is -2.06. The first-order valence-corrected chi connectivity index (χ1v) is 7.04. The zero-order chi connectivity index (χ0) is 14.4. The minimum Gasteiger partial charge on any atom is -0.392 e. The van der Waals surface area contributed by atoms with Gasteiger partial charge < -0.3 is 10.4 Å². The summed E-state index contributed by atoms with van der Waals surface area (Å²) in [6.07, 6.45) is 0. The van der Waals surface area contributed by atoms with Gasteiger partial charge in [0.1, 0.15) is 5.82 Å². The van der Waals surface area contributed by atoms with Crippen LogP contribution in [0, 0.1) is 5.82 Å². The highest BCUT2D eigenvalue weighted by atomic mass is 32.2. The molecule has 3 nitrogen and oxygen atoms in total. The third kappa shape index (κ3) is 4.36. The number of amides is 1. The van der Waals surface area contributed by atoms with E-state index in [1.165, 1.54) is 23.9 Å². The molecule has 0 aromatic heterocycles. The van der Waals surface area contributed by atoms with Crippen LogP contribution < -0.4 is 5.32 Å². The second-order valence-corrected chi connectivity index (χ2v) is 5.20. The molecule has 104 valence electrons. The minimum atomic E-state index is -0.383. The Morgan fingerprint density at radius 2 is 2.00 bits per heavy atom. The Morgan fingerprint density at radius 1 is 1.20 bits per heavy atom. The standard InChI is InChI=1S/C15H14FNO2S/c16-12-4-2-5-13(8-12)17-15(19)10-20-14-6-1-3-11(7-14)9-18/h1-8,18H,9-10H2,(H,17,19). The van der Waals surface area contributed by atoms with Gasteiger partial charge in [0.05, 0.1) is 12.4 Å². The van der Waals surface area contributed by atoms with Crippen LogP contribution in [0.25, 0.3) is 0 Å². The monoisotopic (exact) mass is 291 g/mol. The van der Waals surface area contributed by atoms with Crippen LogP contribution in [0.3, 0.4) is 0 Å². The van der Waals surface area contributed by atoms with Crippen LogP contribution in [0.1, 0.15) is 5.56 Å². The molecule has 0 saturated heterocycles. The number of rotatable bonds is 5. The van der Waals surface area contributed by atoms with Crippen LogP contribution in [0.2, 0.25) is 0 Å². The SMILES string of the molecule is O=C(CSc1cccc(CO)c1)Nc1cccc(F)c1. The number of halogens is 1. The van der Waals surface area contributed by atoms with Crippen molar-refractivity contribution in [2.24, 2.45) is 0 Å². The van der Waals surface area contributed by atoms with Crippen molar-refractivity contribution in [1.29, 1.82) is 0 Å². The second kappa shape index (κ2) is 7.07. The van der Waals surface area contributed by atoms with Crippen molar-refractivity contribution in [1.82, 2.24) is 0 Å². The Bertz CT molecular complexity index is 604. The average molecular weight is 291 g/mol. The van der Waals surface area contributed by atoms with E-state index >= 15 is 0 Å². The summed E-state index contributed by atoms with van der Waals surface area (Å²) < 4.78 is 13.0. The van der Waals surface area contributed by atoms with Gasteiger partial charge in [-0.15, -0.1) is 11.8 Å². The first kappa shape index (κ1) is 14.6. The van der Waals surface area contributed by atoms with Crippen LogP contribution in [0.5, 0.6) is 0 Å². The van der Waals surface area contributed by atoms with E-state index in [0.29, 0.717) is 5.69 Å². The highest BCUT2D eigenvalue weighted by Gasteiger charge is 2.05. The van der Waals surface area contributed by atoms with Crippen LogP contribution in [-0.2, 0) is 11.4 Å². The number of thioether (sulfide) groups is 1. The molecule has 0 bridgehead atoms. The maximum absolute atomic E-state index is 13.0. The van der Waals surface area contributed by atoms with Gasteiger partial charge >= 0.3 is 0 Å². The second-order valence-electron chi connectivity index (χ2n) is 4.15. The normalized spacial score (nSPS) is 10.3. The zero-order valence-electron chi connectivity index (χ0n) is 10.7. The Kier molecular flexibility index (Phi) is 5.15. The van der Waals surface area contributed by atoms with Gasteiger partial charge in [0, 0.05) is 10.6 Å². The maximum Gasteiger partial charge on any atom is 0.234 e. The molecule has 0 spiro atoms. The summed E-state index contributed by atoms with van der Waals surface area (Å²) in [5.41, 5.74) is 1.25. The Labute approximate surface area is 120 Å². The number of aliphatic hydroxyl groups excluding tert-OH is 1. The smallest absolute Gasteiger partial charge is 0.234 e. The van der Waals surface area contributed by atoms with E-state index in [0.717, 1.165) is 10.5 Å². The molecule has 2 rings (SSSR count). The lowest BCUT2D eigenvalue weighted by Crippen LogP contribution is -2.14. The van der Waals surface area contributed by atoms with Crippen molar-refractivity contribution in [3.05, 3.63) is 59.9 Å². The molecular formula is C15H14FNO2S. The van der Waals surface area contributed by atoms with Gasteiger partial charge in [-0.1, -0.05) is 18.2 Å². The number of aliphatic hydroxyl groups is 1. The molecule has 0 atom stereocenters. The lowest BCUT2D eigenvalue weighted by molar-refractivity contribution is -0.113. The van der Waals surface area contributed by atoms with E-state index in [2.05, 4.69) is 5.32 Å². The fraction of sp³-hybridized carbons (Fsp3) is 0.133. The summed E-state index contributed by atoms with van der Waals surface area (Å²) >= 11 is 1.36. The lowest BCUT2D eigenvalue weighted by atomic mass is 10.2. The van der Waals surface area contributed by atoms with Crippen LogP contribution in [0.4, 0.5) is 10.1 Å². The van der Waals surface area contributed by atoms with Crippen molar-refractivity contribution in [3.8, 4) is 0 Å². The molecule has 0 heterocycles. The topological polar surface area (TPSA) is 49.3 Å². The molecule has 0 aliphatic rings. The summed E-state index contributed by atoms with van der Waals surface area (Å²) in [7, 11) is 0. The molecule has 2 N–H and O–H groups in total. The average Bonchev–Trinajstić information content (AvgIpc) is 2.45. The number of benzene rings is 2. The van der Waals surface area contributed by atoms with E-state index in [-0.39, 0.29) is 24.1 Å². The summed E-state index contributed by atoms with van der Waals surface area (Å²) in [5.74, 6) is -0.355. The van der Waals surface area contributed by atoms with Crippen molar-refractivity contribution in [3.63, 3.8) is 0 Å². The van der Waals surface area contributed by atoms with Gasteiger partial charge in [-0.25, -0.2) is 4.39 Å². The Morgan fingerprint density at radius 3 is 2.75 bits per heavy atom. The molecule has 0 aliphatic carbocycles. The van der Waals surface area contributed by atoms with Crippen molar-refractivity contribution in [2.45, 2.75) is 11.5 Å². The van der Waals surface area contributed by atoms with Gasteiger partial charge in [0.25, 0.3) is 0 Å². The van der Waals surface area contributed by atoms with E-state index < -0.39 is 0 Å². The molecule has 2 aromatic carbocycles. The minimum absolute atomic E-state index is 0.0239. The van der Waals surface area contributed by atoms with E-state index in [1.807, 2.05) is 24.3 Å². The third-order valence-electron chi connectivity index (χ3n) is 2.56. The van der Waals surface area contributed by atoms with Gasteiger partial charge in [-0.05, 0) is 35.9 Å². The molecule has 0 saturated carbocycles. The molecule has 0 fully saturated rings. The fourth-order valence-electron chi connectivity index (χ4n) is 1.65. The third-order valence-corrected chi connectivity index (χ3v) is 3.55. The summed E-state index contributed by atoms with van der Waals surface area (Å²) in [4.78, 5) is 12.7. The van der Waals surface area contributed by atoms with Crippen molar-refractivity contribution >= 4 is 23.4 Å². The predicted molar refractivity (Wildman–Crippen MR) is 78.1 cm³/mol. The molecule has 20 heavy (non-hydrogen) atoms. The number of hydrogen-bond donors (Lipinski definition) is 2. The quantitative estimate of drug-likeness (QED) is 0.832. The molecule has 5 heteroatoms. The van der Waals surface area contributed by atoms with E-state index in [1.54, 1.807) is 12.1 Å². The number of hydrogen-bond acceptors (Lipinski definition) is 3. The number of carbonyl (C=O) groups is 1. The van der Waals surface area contributed by atoms with Gasteiger partial charge in [-0.3, -0.25) is 4.79 Å². The first-order chi connectivity index (χ1) is 9.67. The van der Waals surface area contributed by atoms with E-state index in [4.69, 9.17) is 5.11 Å². The molecule has 2 aromatic rings. The predicted octanol–water partition coefficient (Wildman–Crippen LogP) is 3.05. The largest absolute Gasteiger partial charge is 0.392 e. The summed E-state index contributed by atoms with van der Waals surface area (Å²) in [5, 5.41) is 11.7. The van der Waals surface area contributed by atoms with Gasteiger partial charge in [-0.2, -0.15) is 0 Å². The highest BCUT2D eigenvalue weighted by Crippen LogP contribution is 2.19. The van der Waals surface area contributed by atoms with Crippen molar-refractivity contribution in [2.75, 3.05) is 11.1 Å². The zero-order valence-corrected chi connectivity index (χ0v) is 11.5. The van der Waals surface area contributed by atoms with E-state index in [9.17, 15) is 9.18 Å². The van der Waals surface area contributed by atoms with Crippen LogP contribution >= 0.6 is 11.8 Å². The van der Waals surface area contributed by atoms with Gasteiger partial charge in [0.2, 0.25) is 5.91 Å². The molecule has 0 radical (unpaired) electrons. The highest BCUT2D eigenvalue weighted by molar-refractivity contribution is 8.00. The molecule has 0 unspecified atom stereocenters. The van der Waals surface area contributed by atoms with Crippen molar-refractivity contribution < 1.29 is 14.3 Å². The first-order valence-electron chi connectivity index (χ1n) is 6.05. The molecule has 0 aliphatic heterocycles. The summed E-state index contributed by atoms with van der Waals surface area (Å²) in [6, 6.07) is 13.1. The number of nitrogens with one attached hydrogen (secondary N) is 1. The number of anilines is 1. The molecular weight excluding hydrogens is 277 g/mol. The fourth-order valence-corrected chi connectivity index (χ4v) is 2.43. The Hall–Kier alpha value is -1.85. The maximum atomic E-state index is 13.0. The number of carbonyl (C=O) groups excluding carboxylic acids is 1. The molecule has 1 amide bonds. The summed E-state index contributed by atoms with van der Waals surface area (Å²) in [6.45, 7) is -0.0239. The Balaban J connectivity index is 1.88. The van der Waals surface area contributed by atoms with Gasteiger partial charge in [0.15, 0.2) is 0 Å². The van der Waals surface area contributed by atoms with Crippen LogP contribution in [0.15, 0.2) is 53.4 Å². The van der Waals surface area contributed by atoms with Crippen LogP contribution in [-0.4, -0.2) is 16.8 Å².